The van der Waals surface area contributed by atoms with Crippen molar-refractivity contribution in [1.29, 1.82) is 0 Å². The summed E-state index contributed by atoms with van der Waals surface area (Å²) in [5, 5.41) is 2.50. The van der Waals surface area contributed by atoms with Crippen molar-refractivity contribution >= 4 is 44.9 Å². The van der Waals surface area contributed by atoms with Crippen molar-refractivity contribution < 1.29 is 0 Å². The first-order chi connectivity index (χ1) is 36.8. The highest BCUT2D eigenvalue weighted by molar-refractivity contribution is 6.10. The molecule has 0 N–H and O–H groups in total. The minimum Gasteiger partial charge on any atom is -0.310 e. The van der Waals surface area contributed by atoms with Gasteiger partial charge in [-0.2, -0.15) is 0 Å². The van der Waals surface area contributed by atoms with Crippen LogP contribution in [0.15, 0.2) is 291 Å². The smallest absolute Gasteiger partial charge is 0.0713 e. The number of benzene rings is 11. The van der Waals surface area contributed by atoms with Crippen molar-refractivity contribution in [2.45, 2.75) is 23.2 Å². The van der Waals surface area contributed by atoms with Gasteiger partial charge in [0, 0.05) is 34.2 Å². The van der Waals surface area contributed by atoms with E-state index < -0.39 is 10.8 Å². The fraction of sp³-hybridized carbons (Fsp3) is 0.0556. The Morgan fingerprint density at radius 2 is 0.878 bits per heavy atom. The number of allylic oxidation sites excluding steroid dienone is 4. The molecule has 0 amide bonds. The Morgan fingerprint density at radius 1 is 0.365 bits per heavy atom. The average Bonchev–Trinajstić information content (AvgIpc) is 4.07. The molecule has 0 heterocycles. The summed E-state index contributed by atoms with van der Waals surface area (Å²) >= 11 is 0. The van der Waals surface area contributed by atoms with Crippen LogP contribution in [0.5, 0.6) is 0 Å². The minimum atomic E-state index is -0.613. The molecule has 0 saturated carbocycles. The van der Waals surface area contributed by atoms with Gasteiger partial charge in [0.1, 0.15) is 0 Å². The highest BCUT2D eigenvalue weighted by atomic mass is 15.2. The molecule has 0 aliphatic heterocycles. The Balaban J connectivity index is 1.02. The minimum absolute atomic E-state index is 0.108. The summed E-state index contributed by atoms with van der Waals surface area (Å²) in [5.74, 6) is 0.108. The molecule has 0 saturated heterocycles. The van der Waals surface area contributed by atoms with E-state index in [9.17, 15) is 0 Å². The third kappa shape index (κ3) is 5.88. The van der Waals surface area contributed by atoms with E-state index in [0.29, 0.717) is 0 Å². The van der Waals surface area contributed by atoms with Crippen molar-refractivity contribution in [2.24, 2.45) is 0 Å². The van der Waals surface area contributed by atoms with Gasteiger partial charge in [-0.3, -0.25) is 0 Å². The summed E-state index contributed by atoms with van der Waals surface area (Å²) in [7, 11) is 0. The van der Waals surface area contributed by atoms with Crippen LogP contribution in [0.4, 0.5) is 34.1 Å². The lowest BCUT2D eigenvalue weighted by Crippen LogP contribution is -2.29. The van der Waals surface area contributed by atoms with E-state index in [1.165, 1.54) is 94.5 Å². The van der Waals surface area contributed by atoms with Gasteiger partial charge in [-0.25, -0.2) is 0 Å². The maximum Gasteiger partial charge on any atom is 0.0713 e. The lowest BCUT2D eigenvalue weighted by Gasteiger charge is -2.37. The third-order valence-electron chi connectivity index (χ3n) is 16.7. The maximum atomic E-state index is 2.56. The molecule has 0 aromatic heterocycles. The lowest BCUT2D eigenvalue weighted by atomic mass is 9.68. The van der Waals surface area contributed by atoms with Gasteiger partial charge in [0.05, 0.1) is 22.2 Å². The monoisotopic (exact) mass is 942 g/mol. The molecule has 1 spiro atoms. The number of anilines is 6. The summed E-state index contributed by atoms with van der Waals surface area (Å²) < 4.78 is 0. The molecule has 0 radical (unpaired) electrons. The van der Waals surface area contributed by atoms with E-state index in [-0.39, 0.29) is 5.92 Å². The van der Waals surface area contributed by atoms with Gasteiger partial charge >= 0.3 is 0 Å². The second-order valence-electron chi connectivity index (χ2n) is 20.2. The molecule has 4 aliphatic rings. The van der Waals surface area contributed by atoms with E-state index in [4.69, 9.17) is 0 Å². The predicted octanol–water partition coefficient (Wildman–Crippen LogP) is 18.4. The van der Waals surface area contributed by atoms with Gasteiger partial charge < -0.3 is 9.80 Å². The molecule has 2 atom stereocenters. The number of hydrogen-bond donors (Lipinski definition) is 0. The number of hydrogen-bond acceptors (Lipinski definition) is 2. The summed E-state index contributed by atoms with van der Waals surface area (Å²) in [6, 6.07) is 99.6. The van der Waals surface area contributed by atoms with Crippen LogP contribution in [0.1, 0.15) is 56.8 Å². The maximum absolute atomic E-state index is 2.56. The number of fused-ring (bicyclic) bond motifs is 15. The van der Waals surface area contributed by atoms with Crippen molar-refractivity contribution in [3.05, 3.63) is 335 Å². The van der Waals surface area contributed by atoms with Crippen LogP contribution in [0.2, 0.25) is 0 Å². The van der Waals surface area contributed by atoms with E-state index in [1.807, 2.05) is 0 Å². The van der Waals surface area contributed by atoms with Crippen LogP contribution in [0.25, 0.3) is 33.0 Å². The first-order valence-corrected chi connectivity index (χ1v) is 26.0. The highest BCUT2D eigenvalue weighted by Gasteiger charge is 2.58. The molecule has 11 aromatic carbocycles. The van der Waals surface area contributed by atoms with Gasteiger partial charge in [0.2, 0.25) is 0 Å². The largest absolute Gasteiger partial charge is 0.310 e. The van der Waals surface area contributed by atoms with Crippen LogP contribution in [0, 0.1) is 0 Å². The zero-order valence-electron chi connectivity index (χ0n) is 40.8. The summed E-state index contributed by atoms with van der Waals surface area (Å²) in [6.07, 6.45) is 8.09. The second-order valence-corrected chi connectivity index (χ2v) is 20.2. The van der Waals surface area contributed by atoms with Crippen LogP contribution >= 0.6 is 0 Å². The Kier molecular flexibility index (Phi) is 9.56. The zero-order valence-corrected chi connectivity index (χ0v) is 40.8. The molecule has 0 bridgehead atoms. The van der Waals surface area contributed by atoms with Gasteiger partial charge in [-0.15, -0.1) is 0 Å². The quantitative estimate of drug-likeness (QED) is 0.150. The molecular formula is C72H50N2. The van der Waals surface area contributed by atoms with E-state index in [1.54, 1.807) is 0 Å². The molecule has 2 nitrogen and oxygen atoms in total. The summed E-state index contributed by atoms with van der Waals surface area (Å²) in [4.78, 5) is 5.07. The molecular weight excluding hydrogens is 893 g/mol. The van der Waals surface area contributed by atoms with E-state index >= 15 is 0 Å². The topological polar surface area (TPSA) is 6.48 Å². The molecule has 11 aromatic rings. The van der Waals surface area contributed by atoms with Gasteiger partial charge in [-0.1, -0.05) is 224 Å². The highest BCUT2D eigenvalue weighted by Crippen LogP contribution is 2.70. The second kappa shape index (κ2) is 16.7. The van der Waals surface area contributed by atoms with Gasteiger partial charge in [-0.05, 0) is 145 Å². The molecule has 15 rings (SSSR count). The lowest BCUT2D eigenvalue weighted by molar-refractivity contribution is 0.708. The van der Waals surface area contributed by atoms with Crippen molar-refractivity contribution in [2.75, 3.05) is 9.80 Å². The Bertz CT molecular complexity index is 3970. The van der Waals surface area contributed by atoms with Crippen LogP contribution in [0.3, 0.4) is 0 Å². The molecule has 348 valence electrons. The Labute approximate surface area is 433 Å². The predicted molar refractivity (Wildman–Crippen MR) is 307 cm³/mol. The summed E-state index contributed by atoms with van der Waals surface area (Å²) in [6.45, 7) is 0. The number of rotatable bonds is 8. The zero-order chi connectivity index (χ0) is 48.8. The van der Waals surface area contributed by atoms with Gasteiger partial charge in [0.15, 0.2) is 0 Å². The normalized spacial score (nSPS) is 16.9. The fourth-order valence-electron chi connectivity index (χ4n) is 14.0. The van der Waals surface area contributed by atoms with Crippen LogP contribution in [-0.4, -0.2) is 0 Å². The van der Waals surface area contributed by atoms with Crippen molar-refractivity contribution in [3.8, 4) is 22.3 Å². The van der Waals surface area contributed by atoms with Crippen LogP contribution in [-0.2, 0) is 10.8 Å². The van der Waals surface area contributed by atoms with Crippen molar-refractivity contribution in [1.82, 2.24) is 0 Å². The molecule has 2 unspecified atom stereocenters. The fourth-order valence-corrected chi connectivity index (χ4v) is 14.0. The van der Waals surface area contributed by atoms with Gasteiger partial charge in [0.25, 0.3) is 0 Å². The molecule has 2 heteroatoms. The molecule has 4 aliphatic carbocycles. The number of nitrogens with zero attached hydrogens (tertiary/aromatic N) is 2. The summed E-state index contributed by atoms with van der Waals surface area (Å²) in [5.41, 5.74) is 22.9. The first kappa shape index (κ1) is 42.4. The Morgan fingerprint density at radius 3 is 1.53 bits per heavy atom. The third-order valence-corrected chi connectivity index (χ3v) is 16.7. The number of para-hydroxylation sites is 3. The first-order valence-electron chi connectivity index (χ1n) is 26.0. The standard InChI is InChI=1S/C72H50N2/c1-6-26-50(27-7-1)71(51-28-8-2-9-29-51)61-40-21-18-37-57(61)60-48-55(45-46-64(60)71)74(54-34-14-5-15-35-54)66-44-24-43-65-69(66)59-39-20-23-42-63(59)72(65)62-41-22-19-38-58(62)68-56-36-17-16-25-49(56)47-67(70(68)72)73(52-30-10-3-11-31-52)53-32-12-4-13-33-53/h1-38,40-48,59H,39H2. The van der Waals surface area contributed by atoms with E-state index in [0.717, 1.165) is 29.2 Å². The molecule has 74 heavy (non-hydrogen) atoms. The van der Waals surface area contributed by atoms with Crippen molar-refractivity contribution in [3.63, 3.8) is 0 Å². The van der Waals surface area contributed by atoms with Crippen LogP contribution < -0.4 is 9.80 Å². The van der Waals surface area contributed by atoms with E-state index in [2.05, 4.69) is 295 Å². The SMILES string of the molecule is C1=CCC2C(=C1)C1(c3ccccc3-c3c1c(N(c1ccccc1)c1ccccc1)cc1ccccc31)c1cccc(N(c3ccccc3)c3ccc4c(c3)-c3ccccc3C4(c3ccccc3)c3ccccc3)c12. The average molecular weight is 943 g/mol. The molecule has 0 fully saturated rings. The Hall–Kier alpha value is -9.24.